The Kier molecular flexibility index (Phi) is 4.62. The second kappa shape index (κ2) is 5.77. The molecule has 0 N–H and O–H groups in total. The molecule has 1 rings (SSSR count). The van der Waals surface area contributed by atoms with Crippen LogP contribution in [0.3, 0.4) is 0 Å². The molecule has 0 aliphatic rings. The lowest BCUT2D eigenvalue weighted by molar-refractivity contribution is -0.137. The summed E-state index contributed by atoms with van der Waals surface area (Å²) in [6, 6.07) is 1.66. The molecule has 92 valence electrons. The summed E-state index contributed by atoms with van der Waals surface area (Å²) in [6.07, 6.45) is 1.51. The van der Waals surface area contributed by atoms with E-state index in [1.807, 2.05) is 0 Å². The van der Waals surface area contributed by atoms with Crippen molar-refractivity contribution in [1.29, 1.82) is 0 Å². The van der Waals surface area contributed by atoms with Crippen LogP contribution >= 0.6 is 11.8 Å². The molecule has 0 saturated heterocycles. The van der Waals surface area contributed by atoms with E-state index in [1.54, 1.807) is 0 Å². The predicted molar refractivity (Wildman–Crippen MR) is 59.1 cm³/mol. The molecular formula is C11H10F2O3S. The number of halogens is 2. The second-order valence-electron chi connectivity index (χ2n) is 3.02. The number of carbonyl (C=O) groups excluding carboxylic acids is 2. The molecule has 1 aromatic carbocycles. The van der Waals surface area contributed by atoms with E-state index in [0.29, 0.717) is 0 Å². The lowest BCUT2D eigenvalue weighted by atomic mass is 10.1. The molecule has 17 heavy (non-hydrogen) atoms. The number of ketones is 1. The zero-order valence-electron chi connectivity index (χ0n) is 9.25. The maximum absolute atomic E-state index is 13.4. The number of Topliss-reactive ketones (excluding diaryl/α,β-unsaturated/α-hetero) is 1. The van der Waals surface area contributed by atoms with Crippen LogP contribution in [0.5, 0.6) is 0 Å². The van der Waals surface area contributed by atoms with E-state index in [4.69, 9.17) is 0 Å². The number of esters is 1. The molecule has 0 spiro atoms. The minimum absolute atomic E-state index is 0.0262. The molecule has 0 heterocycles. The molecule has 0 aliphatic heterocycles. The summed E-state index contributed by atoms with van der Waals surface area (Å²) >= 11 is 0.884. The predicted octanol–water partition coefficient (Wildman–Crippen LogP) is 2.43. The van der Waals surface area contributed by atoms with Crippen LogP contribution < -0.4 is 0 Å². The molecule has 0 unspecified atom stereocenters. The van der Waals surface area contributed by atoms with Crippen LogP contribution in [0.1, 0.15) is 17.3 Å². The molecule has 0 bridgehead atoms. The monoisotopic (exact) mass is 260 g/mol. The molecule has 0 atom stereocenters. The highest BCUT2D eigenvalue weighted by molar-refractivity contribution is 7.98. The standard InChI is InChI=1S/C11H10F2O3S/c1-3-16-11(15)9(14)6-4-7(12)10(17-2)8(13)5-6/h4-5H,3H2,1-2H3. The first-order valence-electron chi connectivity index (χ1n) is 4.75. The zero-order valence-corrected chi connectivity index (χ0v) is 10.1. The van der Waals surface area contributed by atoms with Crippen molar-refractivity contribution in [2.45, 2.75) is 11.8 Å². The first kappa shape index (κ1) is 13.6. The Morgan fingerprint density at radius 2 is 1.82 bits per heavy atom. The first-order chi connectivity index (χ1) is 8.01. The molecule has 0 aromatic heterocycles. The Morgan fingerprint density at radius 3 is 2.24 bits per heavy atom. The smallest absolute Gasteiger partial charge is 0.379 e. The quantitative estimate of drug-likeness (QED) is 0.361. The highest BCUT2D eigenvalue weighted by atomic mass is 32.2. The molecule has 0 radical (unpaired) electrons. The number of hydrogen-bond acceptors (Lipinski definition) is 4. The van der Waals surface area contributed by atoms with Crippen LogP contribution in [0.25, 0.3) is 0 Å². The second-order valence-corrected chi connectivity index (χ2v) is 3.84. The number of hydrogen-bond donors (Lipinski definition) is 0. The van der Waals surface area contributed by atoms with Crippen LogP contribution in [0.15, 0.2) is 17.0 Å². The van der Waals surface area contributed by atoms with Crippen LogP contribution in [0.2, 0.25) is 0 Å². The van der Waals surface area contributed by atoms with E-state index >= 15 is 0 Å². The fourth-order valence-corrected chi connectivity index (χ4v) is 1.71. The minimum Gasteiger partial charge on any atom is -0.460 e. The third kappa shape index (κ3) is 3.03. The largest absolute Gasteiger partial charge is 0.460 e. The average molecular weight is 260 g/mol. The Hall–Kier alpha value is -1.43. The summed E-state index contributed by atoms with van der Waals surface area (Å²) in [5, 5.41) is 0. The van der Waals surface area contributed by atoms with Crippen molar-refractivity contribution in [3.05, 3.63) is 29.3 Å². The highest BCUT2D eigenvalue weighted by Crippen LogP contribution is 2.24. The molecule has 6 heteroatoms. The van der Waals surface area contributed by atoms with Crippen molar-refractivity contribution in [3.63, 3.8) is 0 Å². The van der Waals surface area contributed by atoms with Gasteiger partial charge in [0.2, 0.25) is 0 Å². The van der Waals surface area contributed by atoms with Crippen molar-refractivity contribution >= 4 is 23.5 Å². The third-order valence-corrected chi connectivity index (χ3v) is 2.72. The summed E-state index contributed by atoms with van der Waals surface area (Å²) < 4.78 is 31.2. The summed E-state index contributed by atoms with van der Waals surface area (Å²) in [6.45, 7) is 1.56. The highest BCUT2D eigenvalue weighted by Gasteiger charge is 2.21. The number of rotatable bonds is 4. The number of benzene rings is 1. The van der Waals surface area contributed by atoms with Crippen molar-refractivity contribution in [2.75, 3.05) is 12.9 Å². The van der Waals surface area contributed by atoms with Gasteiger partial charge in [-0.25, -0.2) is 13.6 Å². The van der Waals surface area contributed by atoms with Crippen molar-refractivity contribution in [3.8, 4) is 0 Å². The first-order valence-corrected chi connectivity index (χ1v) is 5.98. The SMILES string of the molecule is CCOC(=O)C(=O)c1cc(F)c(SC)c(F)c1. The molecule has 3 nitrogen and oxygen atoms in total. The van der Waals surface area contributed by atoms with Crippen LogP contribution in [0.4, 0.5) is 8.78 Å². The topological polar surface area (TPSA) is 43.4 Å². The van der Waals surface area contributed by atoms with E-state index in [2.05, 4.69) is 4.74 Å². The van der Waals surface area contributed by atoms with Gasteiger partial charge in [0.25, 0.3) is 5.78 Å². The summed E-state index contributed by atoms with van der Waals surface area (Å²) in [5.74, 6) is -3.92. The van der Waals surface area contributed by atoms with Gasteiger partial charge in [-0.3, -0.25) is 4.79 Å². The molecule has 0 saturated carbocycles. The number of carbonyl (C=O) groups is 2. The maximum atomic E-state index is 13.4. The maximum Gasteiger partial charge on any atom is 0.379 e. The minimum atomic E-state index is -1.12. The van der Waals surface area contributed by atoms with E-state index in [-0.39, 0.29) is 17.1 Å². The average Bonchev–Trinajstić information content (AvgIpc) is 2.27. The lowest BCUT2D eigenvalue weighted by Gasteiger charge is -2.05. The normalized spacial score (nSPS) is 10.1. The van der Waals surface area contributed by atoms with Gasteiger partial charge >= 0.3 is 5.97 Å². The van der Waals surface area contributed by atoms with Gasteiger partial charge in [-0.2, -0.15) is 0 Å². The van der Waals surface area contributed by atoms with E-state index in [1.165, 1.54) is 13.2 Å². The third-order valence-electron chi connectivity index (χ3n) is 1.93. The summed E-state index contributed by atoms with van der Waals surface area (Å²) in [7, 11) is 0. The Balaban J connectivity index is 3.08. The fourth-order valence-electron chi connectivity index (χ4n) is 1.20. The van der Waals surface area contributed by atoms with E-state index < -0.39 is 23.4 Å². The van der Waals surface area contributed by atoms with Gasteiger partial charge in [0.1, 0.15) is 11.6 Å². The Morgan fingerprint density at radius 1 is 1.29 bits per heavy atom. The molecule has 0 amide bonds. The van der Waals surface area contributed by atoms with E-state index in [9.17, 15) is 18.4 Å². The summed E-state index contributed by atoms with van der Waals surface area (Å²) in [5.41, 5.74) is -0.351. The number of thioether (sulfide) groups is 1. The Labute approximate surface area is 101 Å². The lowest BCUT2D eigenvalue weighted by Crippen LogP contribution is -2.18. The van der Waals surface area contributed by atoms with Gasteiger partial charge in [0.05, 0.1) is 11.5 Å². The molecule has 0 fully saturated rings. The molecular weight excluding hydrogens is 250 g/mol. The van der Waals surface area contributed by atoms with Crippen molar-refractivity contribution in [1.82, 2.24) is 0 Å². The Bertz CT molecular complexity index is 437. The van der Waals surface area contributed by atoms with Crippen LogP contribution in [-0.2, 0) is 9.53 Å². The van der Waals surface area contributed by atoms with E-state index in [0.717, 1.165) is 23.9 Å². The van der Waals surface area contributed by atoms with Gasteiger partial charge in [0.15, 0.2) is 0 Å². The van der Waals surface area contributed by atoms with Crippen molar-refractivity contribution in [2.24, 2.45) is 0 Å². The van der Waals surface area contributed by atoms with Crippen molar-refractivity contribution < 1.29 is 23.1 Å². The fraction of sp³-hybridized carbons (Fsp3) is 0.273. The number of ether oxygens (including phenoxy) is 1. The van der Waals surface area contributed by atoms with Crippen LogP contribution in [-0.4, -0.2) is 24.6 Å². The van der Waals surface area contributed by atoms with Gasteiger partial charge in [-0.15, -0.1) is 11.8 Å². The van der Waals surface area contributed by atoms with Crippen LogP contribution in [0, 0.1) is 11.6 Å². The molecule has 0 aliphatic carbocycles. The molecule has 1 aromatic rings. The summed E-state index contributed by atoms with van der Waals surface area (Å²) in [4.78, 5) is 22.3. The zero-order chi connectivity index (χ0) is 13.0. The van der Waals surface area contributed by atoms with Gasteiger partial charge in [0, 0.05) is 5.56 Å². The van der Waals surface area contributed by atoms with Gasteiger partial charge < -0.3 is 4.74 Å². The van der Waals surface area contributed by atoms with Gasteiger partial charge in [-0.05, 0) is 25.3 Å². The van der Waals surface area contributed by atoms with Gasteiger partial charge in [-0.1, -0.05) is 0 Å².